The van der Waals surface area contributed by atoms with E-state index in [-0.39, 0.29) is 5.91 Å². The van der Waals surface area contributed by atoms with Crippen molar-refractivity contribution < 1.29 is 23.8 Å². The highest BCUT2D eigenvalue weighted by molar-refractivity contribution is 6.16. The Morgan fingerprint density at radius 3 is 2.62 bits per heavy atom. The Labute approximate surface area is 154 Å². The molecule has 0 fully saturated rings. The van der Waals surface area contributed by atoms with Crippen LogP contribution in [0.4, 0.5) is 0 Å². The molecule has 0 unspecified atom stereocenters. The number of hydrogen-bond donors (Lipinski definition) is 0. The molecule has 0 bridgehead atoms. The van der Waals surface area contributed by atoms with E-state index in [0.29, 0.717) is 48.8 Å². The summed E-state index contributed by atoms with van der Waals surface area (Å²) in [7, 11) is 2.93. The molecular weight excluding hydrogens is 334 g/mol. The van der Waals surface area contributed by atoms with Crippen molar-refractivity contribution in [2.45, 2.75) is 20.3 Å². The van der Waals surface area contributed by atoms with Crippen molar-refractivity contribution in [3.63, 3.8) is 0 Å². The minimum Gasteiger partial charge on any atom is -0.493 e. The summed E-state index contributed by atoms with van der Waals surface area (Å²) >= 11 is 0. The van der Waals surface area contributed by atoms with Crippen LogP contribution in [0.1, 0.15) is 25.8 Å². The minimum absolute atomic E-state index is 0.217. The molecule has 1 heterocycles. The zero-order valence-electron chi connectivity index (χ0n) is 15.7. The maximum atomic E-state index is 12.9. The average Bonchev–Trinajstić information content (AvgIpc) is 2.87. The molecule has 0 saturated heterocycles. The zero-order chi connectivity index (χ0) is 19.1. The lowest BCUT2D eigenvalue weighted by atomic mass is 10.0. The molecule has 2 rings (SSSR count). The van der Waals surface area contributed by atoms with Gasteiger partial charge in [-0.15, -0.1) is 0 Å². The lowest BCUT2D eigenvalue weighted by Gasteiger charge is -2.17. The van der Waals surface area contributed by atoms with Crippen LogP contribution in [0.5, 0.6) is 5.75 Å². The monoisotopic (exact) mass is 359 g/mol. The average molecular weight is 359 g/mol. The smallest absolute Gasteiger partial charge is 0.340 e. The van der Waals surface area contributed by atoms with Crippen LogP contribution < -0.4 is 4.74 Å². The predicted molar refractivity (Wildman–Crippen MR) is 98.5 cm³/mol. The van der Waals surface area contributed by atoms with Crippen molar-refractivity contribution in [1.29, 1.82) is 0 Å². The van der Waals surface area contributed by atoms with Crippen LogP contribution in [0.3, 0.4) is 0 Å². The molecule has 6 heteroatoms. The Morgan fingerprint density at radius 2 is 1.96 bits per heavy atom. The van der Waals surface area contributed by atoms with Crippen LogP contribution in [0.2, 0.25) is 0 Å². The first-order chi connectivity index (χ1) is 12.5. The van der Waals surface area contributed by atoms with Crippen molar-refractivity contribution >= 4 is 18.0 Å². The molecule has 26 heavy (non-hydrogen) atoms. The van der Waals surface area contributed by atoms with Crippen molar-refractivity contribution in [3.8, 4) is 5.75 Å². The third kappa shape index (κ3) is 4.14. The van der Waals surface area contributed by atoms with Gasteiger partial charge in [-0.05, 0) is 32.4 Å². The maximum Gasteiger partial charge on any atom is 0.340 e. The normalized spacial score (nSPS) is 15.8. The van der Waals surface area contributed by atoms with Crippen LogP contribution in [-0.2, 0) is 19.1 Å². The fourth-order valence-corrected chi connectivity index (χ4v) is 2.91. The number of carbonyl (C=O) groups excluding carboxylic acids is 2. The minimum atomic E-state index is -0.523. The van der Waals surface area contributed by atoms with Crippen LogP contribution >= 0.6 is 0 Å². The van der Waals surface area contributed by atoms with Gasteiger partial charge in [-0.2, -0.15) is 0 Å². The second-order valence-electron chi connectivity index (χ2n) is 5.78. The summed E-state index contributed by atoms with van der Waals surface area (Å²) in [5, 5.41) is 0. The van der Waals surface area contributed by atoms with E-state index in [1.807, 2.05) is 31.2 Å². The van der Waals surface area contributed by atoms with Gasteiger partial charge >= 0.3 is 5.97 Å². The Hall–Kier alpha value is -2.60. The van der Waals surface area contributed by atoms with Crippen molar-refractivity contribution in [2.24, 2.45) is 0 Å². The van der Waals surface area contributed by atoms with E-state index in [4.69, 9.17) is 14.2 Å². The highest BCUT2D eigenvalue weighted by Crippen LogP contribution is 2.33. The Kier molecular flexibility index (Phi) is 6.97. The van der Waals surface area contributed by atoms with Crippen molar-refractivity contribution in [2.75, 3.05) is 34.0 Å². The highest BCUT2D eigenvalue weighted by atomic mass is 16.5. The van der Waals surface area contributed by atoms with Gasteiger partial charge in [0, 0.05) is 31.5 Å². The number of ether oxygens (including phenoxy) is 3. The summed E-state index contributed by atoms with van der Waals surface area (Å²) in [6.45, 7) is 5.18. The summed E-state index contributed by atoms with van der Waals surface area (Å²) in [4.78, 5) is 26.8. The highest BCUT2D eigenvalue weighted by Gasteiger charge is 2.36. The first kappa shape index (κ1) is 19.7. The number of esters is 1. The summed E-state index contributed by atoms with van der Waals surface area (Å²) in [5.74, 6) is -0.0782. The van der Waals surface area contributed by atoms with E-state index in [9.17, 15) is 9.59 Å². The number of methoxy groups -OCH3 is 2. The number of benzene rings is 1. The van der Waals surface area contributed by atoms with Gasteiger partial charge in [0.25, 0.3) is 5.91 Å². The van der Waals surface area contributed by atoms with Gasteiger partial charge in [0.2, 0.25) is 0 Å². The van der Waals surface area contributed by atoms with Gasteiger partial charge < -0.3 is 19.1 Å². The van der Waals surface area contributed by atoms with Gasteiger partial charge in [0.15, 0.2) is 0 Å². The number of nitrogens with zero attached hydrogens (tertiary/aromatic N) is 1. The molecule has 140 valence electrons. The standard InChI is InChI=1S/C20H25NO5/c1-5-26-17-10-7-6-9-15(17)13-16-18(20(23)25-4)14(2)21(19(16)22)11-8-12-24-3/h6-7,9-10,13H,5,8,11-12H2,1-4H3/b16-13-. The third-order valence-corrected chi connectivity index (χ3v) is 4.15. The van der Waals surface area contributed by atoms with Gasteiger partial charge in [-0.25, -0.2) is 4.79 Å². The number of allylic oxidation sites excluding steroid dienone is 1. The van der Waals surface area contributed by atoms with E-state index in [1.165, 1.54) is 7.11 Å². The molecule has 1 aromatic carbocycles. The first-order valence-electron chi connectivity index (χ1n) is 8.59. The van der Waals surface area contributed by atoms with Gasteiger partial charge in [0.05, 0.1) is 24.9 Å². The van der Waals surface area contributed by atoms with E-state index >= 15 is 0 Å². The maximum absolute atomic E-state index is 12.9. The van der Waals surface area contributed by atoms with E-state index in [1.54, 1.807) is 25.0 Å². The number of rotatable bonds is 8. The molecule has 0 atom stereocenters. The Bertz CT molecular complexity index is 735. The fraction of sp³-hybridized carbons (Fsp3) is 0.400. The van der Waals surface area contributed by atoms with Crippen molar-refractivity contribution in [1.82, 2.24) is 4.90 Å². The van der Waals surface area contributed by atoms with Crippen LogP contribution in [0, 0.1) is 0 Å². The molecule has 6 nitrogen and oxygen atoms in total. The fourth-order valence-electron chi connectivity index (χ4n) is 2.91. The van der Waals surface area contributed by atoms with Gasteiger partial charge in [-0.3, -0.25) is 4.79 Å². The predicted octanol–water partition coefficient (Wildman–Crippen LogP) is 2.79. The third-order valence-electron chi connectivity index (χ3n) is 4.15. The summed E-state index contributed by atoms with van der Waals surface area (Å²) in [6.07, 6.45) is 2.37. The molecular formula is C20H25NO5. The molecule has 1 aromatic rings. The molecule has 0 aromatic heterocycles. The van der Waals surface area contributed by atoms with Gasteiger partial charge in [0.1, 0.15) is 5.75 Å². The van der Waals surface area contributed by atoms with E-state index < -0.39 is 5.97 Å². The zero-order valence-corrected chi connectivity index (χ0v) is 15.7. The largest absolute Gasteiger partial charge is 0.493 e. The quantitative estimate of drug-likeness (QED) is 0.406. The molecule has 0 aliphatic carbocycles. The van der Waals surface area contributed by atoms with Gasteiger partial charge in [-0.1, -0.05) is 18.2 Å². The van der Waals surface area contributed by atoms with E-state index in [2.05, 4.69) is 0 Å². The van der Waals surface area contributed by atoms with E-state index in [0.717, 1.165) is 5.56 Å². The molecule has 1 aliphatic heterocycles. The lowest BCUT2D eigenvalue weighted by Crippen LogP contribution is -2.26. The second kappa shape index (κ2) is 9.20. The summed E-state index contributed by atoms with van der Waals surface area (Å²) in [5.41, 5.74) is 1.95. The summed E-state index contributed by atoms with van der Waals surface area (Å²) < 4.78 is 15.6. The Morgan fingerprint density at radius 1 is 1.23 bits per heavy atom. The number of amides is 1. The Balaban J connectivity index is 2.45. The molecule has 0 radical (unpaired) electrons. The lowest BCUT2D eigenvalue weighted by molar-refractivity contribution is -0.136. The number of carbonyl (C=O) groups is 2. The number of hydrogen-bond acceptors (Lipinski definition) is 5. The molecule has 0 N–H and O–H groups in total. The molecule has 0 spiro atoms. The molecule has 1 aliphatic rings. The van der Waals surface area contributed by atoms with Crippen LogP contribution in [0.25, 0.3) is 6.08 Å². The summed E-state index contributed by atoms with van der Waals surface area (Å²) in [6, 6.07) is 7.41. The second-order valence-corrected chi connectivity index (χ2v) is 5.78. The number of para-hydroxylation sites is 1. The van der Waals surface area contributed by atoms with Crippen molar-refractivity contribution in [3.05, 3.63) is 46.7 Å². The van der Waals surface area contributed by atoms with Crippen LogP contribution in [-0.4, -0.2) is 50.8 Å². The topological polar surface area (TPSA) is 65.1 Å². The molecule has 0 saturated carbocycles. The SMILES string of the molecule is CCOc1ccccc1/C=C1\C(=O)N(CCCOC)C(C)=C1C(=O)OC. The first-order valence-corrected chi connectivity index (χ1v) is 8.59. The van der Waals surface area contributed by atoms with Crippen LogP contribution in [0.15, 0.2) is 41.1 Å². The molecule has 1 amide bonds.